The van der Waals surface area contributed by atoms with Gasteiger partial charge in [-0.1, -0.05) is 13.8 Å². The molecule has 3 heteroatoms. The van der Waals surface area contributed by atoms with Gasteiger partial charge in [0.05, 0.1) is 5.60 Å². The molecule has 94 valence electrons. The van der Waals surface area contributed by atoms with Crippen LogP contribution in [0, 0.1) is 17.8 Å². The molecule has 16 heavy (non-hydrogen) atoms. The molecule has 2 fully saturated rings. The van der Waals surface area contributed by atoms with E-state index in [1.54, 1.807) is 0 Å². The summed E-state index contributed by atoms with van der Waals surface area (Å²) in [7, 11) is 0. The zero-order valence-electron chi connectivity index (χ0n) is 11.0. The zero-order chi connectivity index (χ0) is 11.9. The quantitative estimate of drug-likeness (QED) is 0.751. The predicted octanol–water partition coefficient (Wildman–Crippen LogP) is 0.933. The second-order valence-electron chi connectivity index (χ2n) is 6.26. The molecule has 2 N–H and O–H groups in total. The third-order valence-electron chi connectivity index (χ3n) is 4.82. The maximum Gasteiger partial charge on any atom is 0.0768 e. The first kappa shape index (κ1) is 12.3. The molecular formula is C13H26N2O. The zero-order valence-corrected chi connectivity index (χ0v) is 11.0. The van der Waals surface area contributed by atoms with Crippen LogP contribution in [0.4, 0.5) is 0 Å². The Hall–Kier alpha value is -0.120. The van der Waals surface area contributed by atoms with Gasteiger partial charge in [0.25, 0.3) is 0 Å². The molecule has 4 atom stereocenters. The monoisotopic (exact) mass is 226 g/mol. The molecule has 0 aromatic carbocycles. The Bertz CT molecular complexity index is 252. The molecule has 2 heterocycles. The fourth-order valence-corrected chi connectivity index (χ4v) is 3.06. The van der Waals surface area contributed by atoms with Crippen LogP contribution in [0.5, 0.6) is 0 Å². The Morgan fingerprint density at radius 2 is 2.12 bits per heavy atom. The normalized spacial score (nSPS) is 39.0. The molecule has 4 unspecified atom stereocenters. The van der Waals surface area contributed by atoms with Crippen LogP contribution in [0.2, 0.25) is 0 Å². The highest BCUT2D eigenvalue weighted by Crippen LogP contribution is 2.33. The van der Waals surface area contributed by atoms with Gasteiger partial charge in [-0.25, -0.2) is 0 Å². The van der Waals surface area contributed by atoms with Crippen molar-refractivity contribution in [2.24, 2.45) is 17.8 Å². The topological polar surface area (TPSA) is 35.5 Å². The van der Waals surface area contributed by atoms with Crippen molar-refractivity contribution in [2.75, 3.05) is 26.2 Å². The van der Waals surface area contributed by atoms with Crippen LogP contribution in [0.3, 0.4) is 0 Å². The van der Waals surface area contributed by atoms with Crippen molar-refractivity contribution in [2.45, 2.75) is 39.3 Å². The highest BCUT2D eigenvalue weighted by Gasteiger charge is 2.43. The fraction of sp³-hybridized carbons (Fsp3) is 1.00. The minimum atomic E-state index is -0.555. The van der Waals surface area contributed by atoms with Crippen molar-refractivity contribution in [1.29, 1.82) is 0 Å². The molecule has 2 aliphatic heterocycles. The van der Waals surface area contributed by atoms with Gasteiger partial charge in [0.2, 0.25) is 0 Å². The van der Waals surface area contributed by atoms with Gasteiger partial charge in [-0.3, -0.25) is 4.90 Å². The van der Waals surface area contributed by atoms with Gasteiger partial charge in [0.15, 0.2) is 0 Å². The van der Waals surface area contributed by atoms with Crippen molar-refractivity contribution in [3.63, 3.8) is 0 Å². The van der Waals surface area contributed by atoms with E-state index < -0.39 is 5.60 Å². The number of nitrogens with zero attached hydrogens (tertiary/aromatic N) is 1. The van der Waals surface area contributed by atoms with Gasteiger partial charge in [0.1, 0.15) is 0 Å². The summed E-state index contributed by atoms with van der Waals surface area (Å²) in [6.07, 6.45) is 0. The van der Waals surface area contributed by atoms with Crippen molar-refractivity contribution < 1.29 is 5.11 Å². The molecule has 0 radical (unpaired) electrons. The number of likely N-dealkylation sites (tertiary alicyclic amines) is 1. The molecule has 2 rings (SSSR count). The van der Waals surface area contributed by atoms with Crippen molar-refractivity contribution in [3.05, 3.63) is 0 Å². The van der Waals surface area contributed by atoms with E-state index in [0.29, 0.717) is 12.0 Å². The van der Waals surface area contributed by atoms with Crippen LogP contribution in [0.15, 0.2) is 0 Å². The summed E-state index contributed by atoms with van der Waals surface area (Å²) in [6.45, 7) is 12.8. The number of rotatable bonds is 3. The van der Waals surface area contributed by atoms with E-state index in [1.165, 1.54) is 0 Å². The smallest absolute Gasteiger partial charge is 0.0768 e. The lowest BCUT2D eigenvalue weighted by molar-refractivity contribution is -0.0226. The van der Waals surface area contributed by atoms with E-state index in [-0.39, 0.29) is 0 Å². The highest BCUT2D eigenvalue weighted by atomic mass is 16.3. The first-order chi connectivity index (χ1) is 7.42. The Morgan fingerprint density at radius 1 is 1.44 bits per heavy atom. The maximum atomic E-state index is 10.4. The van der Waals surface area contributed by atoms with Gasteiger partial charge in [-0.05, 0) is 44.7 Å². The second-order valence-corrected chi connectivity index (χ2v) is 6.26. The Balaban J connectivity index is 1.97. The van der Waals surface area contributed by atoms with Crippen LogP contribution >= 0.6 is 0 Å². The fourth-order valence-electron chi connectivity index (χ4n) is 3.06. The average Bonchev–Trinajstić information content (AvgIpc) is 2.71. The van der Waals surface area contributed by atoms with E-state index in [9.17, 15) is 5.11 Å². The van der Waals surface area contributed by atoms with Crippen LogP contribution in [-0.4, -0.2) is 47.8 Å². The Kier molecular flexibility index (Phi) is 3.30. The van der Waals surface area contributed by atoms with Crippen LogP contribution in [0.25, 0.3) is 0 Å². The van der Waals surface area contributed by atoms with Gasteiger partial charge in [-0.2, -0.15) is 0 Å². The van der Waals surface area contributed by atoms with Gasteiger partial charge in [-0.15, -0.1) is 0 Å². The van der Waals surface area contributed by atoms with E-state index >= 15 is 0 Å². The molecule has 2 aliphatic rings. The largest absolute Gasteiger partial charge is 0.389 e. The molecule has 0 aromatic rings. The Labute approximate surface area is 99.2 Å². The summed E-state index contributed by atoms with van der Waals surface area (Å²) in [5.74, 6) is 1.92. The molecule has 2 saturated heterocycles. The van der Waals surface area contributed by atoms with E-state index in [1.807, 2.05) is 6.92 Å². The molecule has 0 bridgehead atoms. The van der Waals surface area contributed by atoms with Crippen molar-refractivity contribution in [3.8, 4) is 0 Å². The lowest BCUT2D eigenvalue weighted by Gasteiger charge is -2.35. The molecule has 0 amide bonds. The third-order valence-corrected chi connectivity index (χ3v) is 4.82. The molecule has 0 spiro atoms. The van der Waals surface area contributed by atoms with Crippen LogP contribution in [-0.2, 0) is 0 Å². The maximum absolute atomic E-state index is 10.4. The standard InChI is InChI=1S/C13H26N2O/c1-9(2)13(4,16)8-15-7-11-5-14-6-12(11)10(15)3/h9-12,14,16H,5-8H2,1-4H3. The number of aliphatic hydroxyl groups is 1. The summed E-state index contributed by atoms with van der Waals surface area (Å²) in [5.41, 5.74) is -0.555. The lowest BCUT2D eigenvalue weighted by atomic mass is 9.91. The van der Waals surface area contributed by atoms with Crippen LogP contribution < -0.4 is 5.32 Å². The third kappa shape index (κ3) is 2.13. The van der Waals surface area contributed by atoms with E-state index in [2.05, 4.69) is 31.0 Å². The minimum absolute atomic E-state index is 0.318. The summed E-state index contributed by atoms with van der Waals surface area (Å²) < 4.78 is 0. The van der Waals surface area contributed by atoms with Crippen molar-refractivity contribution in [1.82, 2.24) is 10.2 Å². The second kappa shape index (κ2) is 4.28. The molecule has 3 nitrogen and oxygen atoms in total. The molecular weight excluding hydrogens is 200 g/mol. The summed E-state index contributed by atoms with van der Waals surface area (Å²) in [4.78, 5) is 2.48. The predicted molar refractivity (Wildman–Crippen MR) is 66.3 cm³/mol. The summed E-state index contributed by atoms with van der Waals surface area (Å²) >= 11 is 0. The first-order valence-electron chi connectivity index (χ1n) is 6.59. The SMILES string of the molecule is CC1C2CNCC2CN1CC(C)(O)C(C)C. The van der Waals surface area contributed by atoms with E-state index in [0.717, 1.165) is 38.0 Å². The first-order valence-corrected chi connectivity index (χ1v) is 6.59. The van der Waals surface area contributed by atoms with E-state index in [4.69, 9.17) is 0 Å². The average molecular weight is 226 g/mol. The molecule has 0 aliphatic carbocycles. The number of nitrogens with one attached hydrogen (secondary N) is 1. The Morgan fingerprint density at radius 3 is 2.69 bits per heavy atom. The number of β-amino-alcohol motifs (C(OH)–C–C–N with tert-alkyl or cyclic N) is 1. The summed E-state index contributed by atoms with van der Waals surface area (Å²) in [6, 6.07) is 0.616. The van der Waals surface area contributed by atoms with Gasteiger partial charge in [0, 0.05) is 19.1 Å². The lowest BCUT2D eigenvalue weighted by Crippen LogP contribution is -2.47. The number of hydrogen-bond donors (Lipinski definition) is 2. The number of hydrogen-bond acceptors (Lipinski definition) is 3. The number of fused-ring (bicyclic) bond motifs is 1. The van der Waals surface area contributed by atoms with Gasteiger partial charge >= 0.3 is 0 Å². The minimum Gasteiger partial charge on any atom is -0.389 e. The highest BCUT2D eigenvalue weighted by molar-refractivity contribution is 4.98. The summed E-state index contributed by atoms with van der Waals surface area (Å²) in [5, 5.41) is 13.8. The molecule has 0 aromatic heterocycles. The van der Waals surface area contributed by atoms with Gasteiger partial charge < -0.3 is 10.4 Å². The van der Waals surface area contributed by atoms with Crippen molar-refractivity contribution >= 4 is 0 Å². The molecule has 0 saturated carbocycles. The van der Waals surface area contributed by atoms with Crippen LogP contribution in [0.1, 0.15) is 27.7 Å².